The highest BCUT2D eigenvalue weighted by molar-refractivity contribution is 6.21. The second kappa shape index (κ2) is 5.01. The number of carbonyl (C=O) groups excluding carboxylic acids is 3. The molecule has 0 atom stereocenters. The molecular weight excluding hydrogens is 300 g/mol. The zero-order valence-corrected chi connectivity index (χ0v) is 12.0. The molecule has 0 spiro atoms. The van der Waals surface area contributed by atoms with Gasteiger partial charge in [0.1, 0.15) is 0 Å². The Morgan fingerprint density at radius 3 is 2.35 bits per heavy atom. The minimum atomic E-state index is -0.884. The van der Waals surface area contributed by atoms with E-state index >= 15 is 0 Å². The molecule has 1 saturated carbocycles. The number of hydrogen-bond donors (Lipinski definition) is 0. The van der Waals surface area contributed by atoms with Gasteiger partial charge in [0.2, 0.25) is 0 Å². The maximum absolute atomic E-state index is 12.1. The van der Waals surface area contributed by atoms with Crippen molar-refractivity contribution in [3.63, 3.8) is 0 Å². The fraction of sp³-hybridized carbons (Fsp3) is 0.267. The van der Waals surface area contributed by atoms with E-state index in [4.69, 9.17) is 4.84 Å². The molecule has 116 valence electrons. The lowest BCUT2D eigenvalue weighted by Crippen LogP contribution is -2.32. The van der Waals surface area contributed by atoms with E-state index in [1.54, 1.807) is 16.8 Å². The van der Waals surface area contributed by atoms with E-state index in [0.29, 0.717) is 5.06 Å². The van der Waals surface area contributed by atoms with E-state index in [-0.39, 0.29) is 22.9 Å². The lowest BCUT2D eigenvalue weighted by Gasteiger charge is -2.24. The summed E-state index contributed by atoms with van der Waals surface area (Å²) in [6.07, 6.45) is 4.59. The van der Waals surface area contributed by atoms with E-state index in [2.05, 4.69) is 10.3 Å². The van der Waals surface area contributed by atoms with Gasteiger partial charge in [-0.05, 0) is 31.4 Å². The summed E-state index contributed by atoms with van der Waals surface area (Å²) in [5.41, 5.74) is 0.389. The van der Waals surface area contributed by atoms with Crippen molar-refractivity contribution in [2.24, 2.45) is 0 Å². The van der Waals surface area contributed by atoms with Crippen LogP contribution in [0.25, 0.3) is 0 Å². The van der Waals surface area contributed by atoms with Gasteiger partial charge in [0.25, 0.3) is 11.8 Å². The Labute approximate surface area is 130 Å². The van der Waals surface area contributed by atoms with Gasteiger partial charge in [-0.3, -0.25) is 9.59 Å². The van der Waals surface area contributed by atoms with Crippen LogP contribution in [-0.4, -0.2) is 37.8 Å². The maximum Gasteiger partial charge on any atom is 0.385 e. The van der Waals surface area contributed by atoms with Crippen LogP contribution in [0.15, 0.2) is 30.5 Å². The van der Waals surface area contributed by atoms with Crippen LogP contribution in [0.5, 0.6) is 0 Å². The molecule has 0 unspecified atom stereocenters. The summed E-state index contributed by atoms with van der Waals surface area (Å²) < 4.78 is 1.61. The Bertz CT molecular complexity index is 789. The van der Waals surface area contributed by atoms with Gasteiger partial charge >= 0.3 is 5.97 Å². The molecule has 1 aromatic carbocycles. The Morgan fingerprint density at radius 2 is 1.78 bits per heavy atom. The molecule has 1 fully saturated rings. The first-order chi connectivity index (χ1) is 11.1. The number of benzene rings is 1. The molecule has 2 heterocycles. The maximum atomic E-state index is 12.1. The highest BCUT2D eigenvalue weighted by Crippen LogP contribution is 2.30. The Balaban J connectivity index is 1.52. The molecule has 2 aliphatic rings. The number of hydrogen-bond acceptors (Lipinski definition) is 6. The first-order valence-corrected chi connectivity index (χ1v) is 7.27. The average molecular weight is 312 g/mol. The van der Waals surface area contributed by atoms with E-state index < -0.39 is 17.8 Å². The van der Waals surface area contributed by atoms with Crippen LogP contribution in [-0.2, 0) is 4.84 Å². The molecule has 8 nitrogen and oxygen atoms in total. The average Bonchev–Trinajstić information content (AvgIpc) is 3.06. The third-order valence-corrected chi connectivity index (χ3v) is 4.10. The molecule has 2 aromatic rings. The highest BCUT2D eigenvalue weighted by atomic mass is 16.7. The molecule has 0 radical (unpaired) electrons. The summed E-state index contributed by atoms with van der Waals surface area (Å²) in [5, 5.41) is 8.11. The van der Waals surface area contributed by atoms with Gasteiger partial charge in [-0.15, -0.1) is 5.10 Å². The smallest absolute Gasteiger partial charge is 0.322 e. The summed E-state index contributed by atoms with van der Waals surface area (Å²) >= 11 is 0. The molecule has 0 bridgehead atoms. The molecule has 23 heavy (non-hydrogen) atoms. The van der Waals surface area contributed by atoms with Gasteiger partial charge in [-0.1, -0.05) is 22.4 Å². The summed E-state index contributed by atoms with van der Waals surface area (Å²) in [6.45, 7) is 0. The zero-order chi connectivity index (χ0) is 16.0. The van der Waals surface area contributed by atoms with Gasteiger partial charge in [-0.25, -0.2) is 9.48 Å². The number of amides is 2. The standard InChI is InChI=1S/C15H12N4O4/c20-13-10-6-1-2-7-11(10)14(21)19(13)23-15(22)12-8-18(17-16-12)9-4-3-5-9/h1-2,6-9H,3-5H2. The van der Waals surface area contributed by atoms with E-state index in [0.717, 1.165) is 19.3 Å². The molecule has 1 aliphatic heterocycles. The van der Waals surface area contributed by atoms with Gasteiger partial charge in [0.15, 0.2) is 5.69 Å². The molecular formula is C15H12N4O4. The van der Waals surface area contributed by atoms with Crippen molar-refractivity contribution in [1.82, 2.24) is 20.1 Å². The van der Waals surface area contributed by atoms with Crippen molar-refractivity contribution >= 4 is 17.8 Å². The first-order valence-electron chi connectivity index (χ1n) is 7.27. The number of fused-ring (bicyclic) bond motifs is 1. The largest absolute Gasteiger partial charge is 0.385 e. The fourth-order valence-electron chi connectivity index (χ4n) is 2.58. The number of imide groups is 1. The second-order valence-corrected chi connectivity index (χ2v) is 5.50. The minimum absolute atomic E-state index is 0.0338. The number of hydroxylamine groups is 2. The van der Waals surface area contributed by atoms with Gasteiger partial charge in [0.05, 0.1) is 23.4 Å². The summed E-state index contributed by atoms with van der Waals surface area (Å²) in [6, 6.07) is 6.55. The SMILES string of the molecule is O=C(ON1C(=O)c2ccccc2C1=O)c1cn(C2CCC2)nn1. The van der Waals surface area contributed by atoms with Crippen molar-refractivity contribution in [1.29, 1.82) is 0 Å². The summed E-state index contributed by atoms with van der Waals surface area (Å²) in [5.74, 6) is -2.21. The van der Waals surface area contributed by atoms with Crippen LogP contribution < -0.4 is 0 Å². The summed E-state index contributed by atoms with van der Waals surface area (Å²) in [4.78, 5) is 41.3. The third-order valence-electron chi connectivity index (χ3n) is 4.10. The van der Waals surface area contributed by atoms with Crippen LogP contribution in [0.1, 0.15) is 56.5 Å². The lowest BCUT2D eigenvalue weighted by atomic mass is 9.93. The van der Waals surface area contributed by atoms with Crippen LogP contribution in [0.4, 0.5) is 0 Å². The molecule has 4 rings (SSSR count). The van der Waals surface area contributed by atoms with E-state index in [9.17, 15) is 14.4 Å². The van der Waals surface area contributed by atoms with Crippen LogP contribution in [0.2, 0.25) is 0 Å². The van der Waals surface area contributed by atoms with Gasteiger partial charge in [0, 0.05) is 0 Å². The molecule has 1 aliphatic carbocycles. The number of rotatable bonds is 3. The quantitative estimate of drug-likeness (QED) is 0.794. The number of aromatic nitrogens is 3. The monoisotopic (exact) mass is 312 g/mol. The van der Waals surface area contributed by atoms with E-state index in [1.807, 2.05) is 0 Å². The van der Waals surface area contributed by atoms with Crippen molar-refractivity contribution < 1.29 is 19.2 Å². The zero-order valence-electron chi connectivity index (χ0n) is 12.0. The van der Waals surface area contributed by atoms with Crippen LogP contribution in [0, 0.1) is 0 Å². The van der Waals surface area contributed by atoms with Crippen molar-refractivity contribution in [2.75, 3.05) is 0 Å². The normalized spacial score (nSPS) is 17.1. The highest BCUT2D eigenvalue weighted by Gasteiger charge is 2.39. The number of nitrogens with zero attached hydrogens (tertiary/aromatic N) is 4. The third kappa shape index (κ3) is 2.10. The predicted molar refractivity (Wildman–Crippen MR) is 75.3 cm³/mol. The molecule has 2 amide bonds. The Hall–Kier alpha value is -3.03. The van der Waals surface area contributed by atoms with E-state index in [1.165, 1.54) is 18.3 Å². The minimum Gasteiger partial charge on any atom is -0.322 e. The molecule has 0 N–H and O–H groups in total. The van der Waals surface area contributed by atoms with Crippen LogP contribution in [0.3, 0.4) is 0 Å². The number of carbonyl (C=O) groups is 3. The molecule has 0 saturated heterocycles. The summed E-state index contributed by atoms with van der Waals surface area (Å²) in [7, 11) is 0. The van der Waals surface area contributed by atoms with Crippen molar-refractivity contribution in [3.8, 4) is 0 Å². The van der Waals surface area contributed by atoms with Gasteiger partial charge in [-0.2, -0.15) is 0 Å². The fourth-order valence-corrected chi connectivity index (χ4v) is 2.58. The Kier molecular flexibility index (Phi) is 2.97. The lowest BCUT2D eigenvalue weighted by molar-refractivity contribution is -0.0588. The molecule has 1 aromatic heterocycles. The van der Waals surface area contributed by atoms with Gasteiger partial charge < -0.3 is 4.84 Å². The Morgan fingerprint density at radius 1 is 1.13 bits per heavy atom. The first kappa shape index (κ1) is 13.6. The van der Waals surface area contributed by atoms with Crippen molar-refractivity contribution in [2.45, 2.75) is 25.3 Å². The van der Waals surface area contributed by atoms with Crippen molar-refractivity contribution in [3.05, 3.63) is 47.3 Å². The topological polar surface area (TPSA) is 94.4 Å². The molecule has 8 heteroatoms. The second-order valence-electron chi connectivity index (χ2n) is 5.50. The van der Waals surface area contributed by atoms with Crippen LogP contribution >= 0.6 is 0 Å². The predicted octanol–water partition coefficient (Wildman–Crippen LogP) is 1.37.